The summed E-state index contributed by atoms with van der Waals surface area (Å²) in [6, 6.07) is 14.7. The lowest BCUT2D eigenvalue weighted by Crippen LogP contribution is -2.36. The maximum Gasteiger partial charge on any atom is 0.248 e. The second kappa shape index (κ2) is 12.4. The molecule has 0 bridgehead atoms. The number of pyridine rings is 1. The number of aliphatic hydroxyl groups excluding tert-OH is 1. The van der Waals surface area contributed by atoms with Gasteiger partial charge in [-0.05, 0) is 92.9 Å². The minimum Gasteiger partial charge on any atom is -0.506 e. The van der Waals surface area contributed by atoms with Crippen LogP contribution in [0.2, 0.25) is 0 Å². The molecule has 1 aromatic heterocycles. The van der Waals surface area contributed by atoms with Crippen LogP contribution >= 0.6 is 0 Å². The molecule has 1 aliphatic heterocycles. The zero-order valence-electron chi connectivity index (χ0n) is 21.2. The molecule has 194 valence electrons. The summed E-state index contributed by atoms with van der Waals surface area (Å²) in [6.45, 7) is 6.48. The number of rotatable bonds is 12. The number of aliphatic hydroxyl groups is 1. The number of hydrogen-bond acceptors (Lipinski definition) is 6. The quantitative estimate of drug-likeness (QED) is 0.244. The van der Waals surface area contributed by atoms with Crippen molar-refractivity contribution in [3.05, 3.63) is 70.0 Å². The molecule has 1 aliphatic rings. The standard InChI is InChI=1S/C29H39N3O4/c1-29(13-16-30-17-14-29)19-21-7-3-4-8-26(21)36-18-6-2-5-15-31-20-25(34)22-9-11-24(33)28-23(22)10-12-27(35)32-28/h3-4,7-12,25,30-31,33-34H,2,5-6,13-20H2,1H3,(H,32,35)/t25-/m0/s1. The van der Waals surface area contributed by atoms with E-state index in [4.69, 9.17) is 4.74 Å². The van der Waals surface area contributed by atoms with Crippen LogP contribution in [0.4, 0.5) is 0 Å². The number of phenols is 1. The first-order valence-electron chi connectivity index (χ1n) is 13.1. The smallest absolute Gasteiger partial charge is 0.248 e. The van der Waals surface area contributed by atoms with Crippen LogP contribution in [0, 0.1) is 5.41 Å². The minimum absolute atomic E-state index is 0.00283. The number of aromatic hydroxyl groups is 1. The Bertz CT molecular complexity index is 1190. The largest absolute Gasteiger partial charge is 0.506 e. The maximum atomic E-state index is 11.6. The van der Waals surface area contributed by atoms with Crippen LogP contribution in [0.15, 0.2) is 53.3 Å². The van der Waals surface area contributed by atoms with E-state index in [1.54, 1.807) is 12.1 Å². The Kier molecular flexibility index (Phi) is 9.02. The van der Waals surface area contributed by atoms with Crippen molar-refractivity contribution in [2.45, 2.75) is 51.6 Å². The van der Waals surface area contributed by atoms with Gasteiger partial charge in [0, 0.05) is 18.0 Å². The van der Waals surface area contributed by atoms with Crippen molar-refractivity contribution in [2.75, 3.05) is 32.8 Å². The van der Waals surface area contributed by atoms with Gasteiger partial charge in [-0.3, -0.25) is 4.79 Å². The van der Waals surface area contributed by atoms with E-state index in [0.29, 0.717) is 35.0 Å². The van der Waals surface area contributed by atoms with Crippen molar-refractivity contribution in [2.24, 2.45) is 5.41 Å². The Morgan fingerprint density at radius 2 is 1.86 bits per heavy atom. The molecule has 7 nitrogen and oxygen atoms in total. The highest BCUT2D eigenvalue weighted by Crippen LogP contribution is 2.35. The van der Waals surface area contributed by atoms with Crippen molar-refractivity contribution >= 4 is 10.9 Å². The number of aromatic amines is 1. The summed E-state index contributed by atoms with van der Waals surface area (Å²) in [5.41, 5.74) is 2.39. The van der Waals surface area contributed by atoms with Gasteiger partial charge in [0.05, 0.1) is 18.2 Å². The van der Waals surface area contributed by atoms with Crippen LogP contribution in [-0.4, -0.2) is 48.0 Å². The van der Waals surface area contributed by atoms with Gasteiger partial charge in [0.25, 0.3) is 0 Å². The summed E-state index contributed by atoms with van der Waals surface area (Å²) in [5, 5.41) is 28.1. The summed E-state index contributed by atoms with van der Waals surface area (Å²) in [6.07, 6.45) is 5.74. The molecule has 2 heterocycles. The van der Waals surface area contributed by atoms with Crippen LogP contribution < -0.4 is 20.9 Å². The minimum atomic E-state index is -0.736. The summed E-state index contributed by atoms with van der Waals surface area (Å²) < 4.78 is 6.16. The molecule has 4 rings (SSSR count). The zero-order valence-corrected chi connectivity index (χ0v) is 21.2. The van der Waals surface area contributed by atoms with Crippen molar-refractivity contribution in [3.8, 4) is 11.5 Å². The van der Waals surface area contributed by atoms with E-state index in [0.717, 1.165) is 51.1 Å². The van der Waals surface area contributed by atoms with Crippen molar-refractivity contribution in [3.63, 3.8) is 0 Å². The SMILES string of the molecule is CC1(Cc2ccccc2OCCCCCNC[C@H](O)c2ccc(O)c3[nH]c(=O)ccc23)CCNCC1. The maximum absolute atomic E-state index is 11.6. The second-order valence-corrected chi connectivity index (χ2v) is 10.3. The predicted octanol–water partition coefficient (Wildman–Crippen LogP) is 4.04. The molecule has 0 saturated carbocycles. The molecule has 7 heteroatoms. The lowest BCUT2D eigenvalue weighted by molar-refractivity contribution is 0.176. The number of piperidine rings is 1. The van der Waals surface area contributed by atoms with Gasteiger partial charge < -0.3 is 30.6 Å². The molecular formula is C29H39N3O4. The summed E-state index contributed by atoms with van der Waals surface area (Å²) >= 11 is 0. The number of fused-ring (bicyclic) bond motifs is 1. The van der Waals surface area contributed by atoms with E-state index in [2.05, 4.69) is 40.7 Å². The summed E-state index contributed by atoms with van der Waals surface area (Å²) in [5.74, 6) is 1.01. The van der Waals surface area contributed by atoms with Gasteiger partial charge in [0.2, 0.25) is 5.56 Å². The van der Waals surface area contributed by atoms with Crippen LogP contribution in [0.5, 0.6) is 11.5 Å². The van der Waals surface area contributed by atoms with Gasteiger partial charge in [-0.2, -0.15) is 0 Å². The van der Waals surface area contributed by atoms with E-state index >= 15 is 0 Å². The Balaban J connectivity index is 1.16. The number of ether oxygens (including phenoxy) is 1. The lowest BCUT2D eigenvalue weighted by atomic mass is 9.76. The van der Waals surface area contributed by atoms with Gasteiger partial charge in [0.15, 0.2) is 0 Å². The second-order valence-electron chi connectivity index (χ2n) is 10.3. The first kappa shape index (κ1) is 26.2. The number of aromatic nitrogens is 1. The molecule has 1 saturated heterocycles. The molecule has 0 aliphatic carbocycles. The van der Waals surface area contributed by atoms with E-state index in [1.807, 2.05) is 6.07 Å². The molecule has 0 spiro atoms. The highest BCUT2D eigenvalue weighted by atomic mass is 16.5. The van der Waals surface area contributed by atoms with Crippen molar-refractivity contribution < 1.29 is 14.9 Å². The fraction of sp³-hybridized carbons (Fsp3) is 0.483. The van der Waals surface area contributed by atoms with Gasteiger partial charge in [-0.15, -0.1) is 0 Å². The molecule has 3 aromatic rings. The van der Waals surface area contributed by atoms with E-state index in [-0.39, 0.29) is 11.3 Å². The highest BCUT2D eigenvalue weighted by Gasteiger charge is 2.27. The fourth-order valence-corrected chi connectivity index (χ4v) is 5.07. The fourth-order valence-electron chi connectivity index (χ4n) is 5.07. The van der Waals surface area contributed by atoms with Crippen LogP contribution in [0.3, 0.4) is 0 Å². The predicted molar refractivity (Wildman–Crippen MR) is 144 cm³/mol. The third-order valence-electron chi connectivity index (χ3n) is 7.26. The van der Waals surface area contributed by atoms with Crippen LogP contribution in [0.1, 0.15) is 56.3 Å². The number of para-hydroxylation sites is 1. The van der Waals surface area contributed by atoms with E-state index in [9.17, 15) is 15.0 Å². The molecule has 0 unspecified atom stereocenters. The van der Waals surface area contributed by atoms with E-state index < -0.39 is 6.10 Å². The van der Waals surface area contributed by atoms with E-state index in [1.165, 1.54) is 30.5 Å². The highest BCUT2D eigenvalue weighted by molar-refractivity contribution is 5.87. The van der Waals surface area contributed by atoms with Crippen molar-refractivity contribution in [1.82, 2.24) is 15.6 Å². The lowest BCUT2D eigenvalue weighted by Gasteiger charge is -2.34. The summed E-state index contributed by atoms with van der Waals surface area (Å²) in [4.78, 5) is 14.2. The topological polar surface area (TPSA) is 107 Å². The van der Waals surface area contributed by atoms with Gasteiger partial charge in [0.1, 0.15) is 11.5 Å². The van der Waals surface area contributed by atoms with Gasteiger partial charge in [-0.1, -0.05) is 31.2 Å². The first-order chi connectivity index (χ1) is 17.5. The average molecular weight is 494 g/mol. The Morgan fingerprint density at radius 3 is 2.69 bits per heavy atom. The average Bonchev–Trinajstić information content (AvgIpc) is 2.87. The molecule has 2 aromatic carbocycles. The molecule has 5 N–H and O–H groups in total. The van der Waals surface area contributed by atoms with Gasteiger partial charge in [-0.25, -0.2) is 0 Å². The Hall–Kier alpha value is -2.87. The third-order valence-corrected chi connectivity index (χ3v) is 7.26. The number of hydrogen-bond donors (Lipinski definition) is 5. The Morgan fingerprint density at radius 1 is 1.06 bits per heavy atom. The number of nitrogens with one attached hydrogen (secondary N) is 3. The Labute approximate surface area is 212 Å². The molecule has 0 amide bonds. The normalized spacial score (nSPS) is 16.2. The van der Waals surface area contributed by atoms with Gasteiger partial charge >= 0.3 is 0 Å². The molecular weight excluding hydrogens is 454 g/mol. The first-order valence-corrected chi connectivity index (χ1v) is 13.1. The molecule has 1 fully saturated rings. The molecule has 0 radical (unpaired) electrons. The number of H-pyrrole nitrogens is 1. The number of phenolic OH excluding ortho intramolecular Hbond substituents is 1. The number of benzene rings is 2. The molecule has 36 heavy (non-hydrogen) atoms. The summed E-state index contributed by atoms with van der Waals surface area (Å²) in [7, 11) is 0. The number of unbranched alkanes of at least 4 members (excludes halogenated alkanes) is 2. The third kappa shape index (κ3) is 6.87. The zero-order chi connectivity index (χ0) is 25.4. The van der Waals surface area contributed by atoms with Crippen LogP contribution in [0.25, 0.3) is 10.9 Å². The van der Waals surface area contributed by atoms with Crippen LogP contribution in [-0.2, 0) is 6.42 Å². The monoisotopic (exact) mass is 493 g/mol. The van der Waals surface area contributed by atoms with Crippen molar-refractivity contribution in [1.29, 1.82) is 0 Å². The molecule has 1 atom stereocenters.